The van der Waals surface area contributed by atoms with Crippen LogP contribution in [0.4, 0.5) is 0 Å². The van der Waals surface area contributed by atoms with E-state index in [0.29, 0.717) is 12.2 Å². The third-order valence-electron chi connectivity index (χ3n) is 1.62. The smallest absolute Gasteiger partial charge is 0.153 e. The van der Waals surface area contributed by atoms with E-state index in [1.807, 2.05) is 6.92 Å². The van der Waals surface area contributed by atoms with Crippen LogP contribution in [-0.2, 0) is 4.74 Å². The van der Waals surface area contributed by atoms with Gasteiger partial charge in [0.1, 0.15) is 0 Å². The number of carbonyl (C=O) groups excluding carboxylic acids is 1. The fraction of sp³-hybridized carbons (Fsp3) is 0.500. The molecule has 1 rings (SSSR count). The Bertz CT molecular complexity index is 257. The standard InChI is InChI=1S/C8H12N2O2/c1-7(6-12-2)10-4-8(5-11)3-9-10/h3-5,7H,6H2,1-2H3. The lowest BCUT2D eigenvalue weighted by atomic mass is 10.3. The van der Waals surface area contributed by atoms with Crippen molar-refractivity contribution in [2.75, 3.05) is 13.7 Å². The van der Waals surface area contributed by atoms with Crippen LogP contribution in [0.15, 0.2) is 12.4 Å². The van der Waals surface area contributed by atoms with Crippen LogP contribution in [0.25, 0.3) is 0 Å². The van der Waals surface area contributed by atoms with E-state index < -0.39 is 0 Å². The number of hydrogen-bond donors (Lipinski definition) is 0. The molecule has 4 heteroatoms. The first-order valence-corrected chi connectivity index (χ1v) is 3.76. The van der Waals surface area contributed by atoms with Crippen molar-refractivity contribution < 1.29 is 9.53 Å². The van der Waals surface area contributed by atoms with Crippen molar-refractivity contribution in [3.05, 3.63) is 18.0 Å². The Morgan fingerprint density at radius 2 is 2.58 bits per heavy atom. The minimum atomic E-state index is 0.170. The molecule has 12 heavy (non-hydrogen) atoms. The fourth-order valence-corrected chi connectivity index (χ4v) is 0.972. The molecule has 0 aliphatic rings. The van der Waals surface area contributed by atoms with E-state index in [-0.39, 0.29) is 6.04 Å². The summed E-state index contributed by atoms with van der Waals surface area (Å²) in [5, 5.41) is 4.01. The number of carbonyl (C=O) groups is 1. The summed E-state index contributed by atoms with van der Waals surface area (Å²) in [6, 6.07) is 0.170. The molecule has 0 spiro atoms. The molecule has 0 N–H and O–H groups in total. The van der Waals surface area contributed by atoms with Gasteiger partial charge in [0.05, 0.1) is 24.4 Å². The van der Waals surface area contributed by atoms with Gasteiger partial charge in [-0.15, -0.1) is 0 Å². The maximum atomic E-state index is 10.3. The minimum Gasteiger partial charge on any atom is -0.382 e. The molecule has 1 heterocycles. The number of aromatic nitrogens is 2. The second kappa shape index (κ2) is 4.01. The fourth-order valence-electron chi connectivity index (χ4n) is 0.972. The van der Waals surface area contributed by atoms with Crippen LogP contribution in [0.5, 0.6) is 0 Å². The summed E-state index contributed by atoms with van der Waals surface area (Å²) >= 11 is 0. The molecular weight excluding hydrogens is 156 g/mol. The van der Waals surface area contributed by atoms with Crippen LogP contribution in [0.3, 0.4) is 0 Å². The van der Waals surface area contributed by atoms with Gasteiger partial charge in [-0.25, -0.2) is 0 Å². The monoisotopic (exact) mass is 168 g/mol. The van der Waals surface area contributed by atoms with Crippen molar-refractivity contribution in [3.63, 3.8) is 0 Å². The number of hydrogen-bond acceptors (Lipinski definition) is 3. The number of nitrogens with zero attached hydrogens (tertiary/aromatic N) is 2. The van der Waals surface area contributed by atoms with E-state index >= 15 is 0 Å². The van der Waals surface area contributed by atoms with Gasteiger partial charge in [0, 0.05) is 13.3 Å². The SMILES string of the molecule is COCC(C)n1cc(C=O)cn1. The number of ether oxygens (including phenoxy) is 1. The van der Waals surface area contributed by atoms with E-state index in [2.05, 4.69) is 5.10 Å². The van der Waals surface area contributed by atoms with E-state index in [0.717, 1.165) is 6.29 Å². The van der Waals surface area contributed by atoms with Gasteiger partial charge in [-0.2, -0.15) is 5.10 Å². The average molecular weight is 168 g/mol. The van der Waals surface area contributed by atoms with Crippen LogP contribution in [0, 0.1) is 0 Å². The number of aldehydes is 1. The van der Waals surface area contributed by atoms with Gasteiger partial charge < -0.3 is 4.74 Å². The molecular formula is C8H12N2O2. The van der Waals surface area contributed by atoms with Crippen molar-refractivity contribution in [1.29, 1.82) is 0 Å². The van der Waals surface area contributed by atoms with Crippen LogP contribution in [0.1, 0.15) is 23.3 Å². The molecule has 0 saturated heterocycles. The molecule has 0 aromatic carbocycles. The largest absolute Gasteiger partial charge is 0.382 e. The zero-order valence-electron chi connectivity index (χ0n) is 7.23. The lowest BCUT2D eigenvalue weighted by Gasteiger charge is -2.09. The lowest BCUT2D eigenvalue weighted by Crippen LogP contribution is -2.11. The molecule has 1 aromatic heterocycles. The van der Waals surface area contributed by atoms with Crippen LogP contribution >= 0.6 is 0 Å². The van der Waals surface area contributed by atoms with Gasteiger partial charge >= 0.3 is 0 Å². The summed E-state index contributed by atoms with van der Waals surface area (Å²) in [7, 11) is 1.64. The van der Waals surface area contributed by atoms with Gasteiger partial charge in [-0.05, 0) is 6.92 Å². The van der Waals surface area contributed by atoms with Crippen LogP contribution < -0.4 is 0 Å². The highest BCUT2D eigenvalue weighted by Crippen LogP contribution is 2.04. The lowest BCUT2D eigenvalue weighted by molar-refractivity contribution is 0.112. The molecule has 0 radical (unpaired) electrons. The summed E-state index contributed by atoms with van der Waals surface area (Å²) in [5.74, 6) is 0. The second-order valence-electron chi connectivity index (χ2n) is 2.68. The maximum Gasteiger partial charge on any atom is 0.153 e. The Kier molecular flexibility index (Phi) is 2.99. The molecule has 1 unspecified atom stereocenters. The predicted octanol–water partition coefficient (Wildman–Crippen LogP) is 0.903. The van der Waals surface area contributed by atoms with Crippen molar-refractivity contribution in [2.45, 2.75) is 13.0 Å². The molecule has 0 aliphatic heterocycles. The van der Waals surface area contributed by atoms with Gasteiger partial charge in [0.2, 0.25) is 0 Å². The molecule has 66 valence electrons. The highest BCUT2D eigenvalue weighted by Gasteiger charge is 2.04. The third kappa shape index (κ3) is 1.92. The van der Waals surface area contributed by atoms with Gasteiger partial charge in [0.15, 0.2) is 6.29 Å². The highest BCUT2D eigenvalue weighted by atomic mass is 16.5. The van der Waals surface area contributed by atoms with E-state index in [1.165, 1.54) is 0 Å². The second-order valence-corrected chi connectivity index (χ2v) is 2.68. The van der Waals surface area contributed by atoms with Crippen molar-refractivity contribution >= 4 is 6.29 Å². The third-order valence-corrected chi connectivity index (χ3v) is 1.62. The first-order valence-electron chi connectivity index (χ1n) is 3.76. The topological polar surface area (TPSA) is 44.1 Å². The Balaban J connectivity index is 2.67. The van der Waals surface area contributed by atoms with Crippen molar-refractivity contribution in [1.82, 2.24) is 9.78 Å². The minimum absolute atomic E-state index is 0.170. The summed E-state index contributed by atoms with van der Waals surface area (Å²) in [6.07, 6.45) is 4.03. The molecule has 0 aliphatic carbocycles. The normalized spacial score (nSPS) is 12.8. The van der Waals surface area contributed by atoms with Gasteiger partial charge in [-0.3, -0.25) is 9.48 Å². The maximum absolute atomic E-state index is 10.3. The molecule has 0 bridgehead atoms. The molecule has 4 nitrogen and oxygen atoms in total. The quantitative estimate of drug-likeness (QED) is 0.627. The van der Waals surface area contributed by atoms with E-state index in [4.69, 9.17) is 4.74 Å². The van der Waals surface area contributed by atoms with Crippen molar-refractivity contribution in [2.24, 2.45) is 0 Å². The summed E-state index contributed by atoms with van der Waals surface area (Å²) in [5.41, 5.74) is 0.595. The first kappa shape index (κ1) is 8.93. The zero-order chi connectivity index (χ0) is 8.97. The van der Waals surface area contributed by atoms with Gasteiger partial charge in [0.25, 0.3) is 0 Å². The first-order chi connectivity index (χ1) is 5.77. The molecule has 1 aromatic rings. The molecule has 0 amide bonds. The highest BCUT2D eigenvalue weighted by molar-refractivity contribution is 5.73. The Morgan fingerprint density at radius 1 is 1.83 bits per heavy atom. The number of rotatable bonds is 4. The van der Waals surface area contributed by atoms with E-state index in [9.17, 15) is 4.79 Å². The molecule has 1 atom stereocenters. The summed E-state index contributed by atoms with van der Waals surface area (Å²) in [4.78, 5) is 10.3. The molecule has 0 fully saturated rings. The molecule has 0 saturated carbocycles. The van der Waals surface area contributed by atoms with E-state index in [1.54, 1.807) is 24.2 Å². The van der Waals surface area contributed by atoms with Crippen LogP contribution in [-0.4, -0.2) is 29.8 Å². The van der Waals surface area contributed by atoms with Crippen LogP contribution in [0.2, 0.25) is 0 Å². The Hall–Kier alpha value is -1.16. The summed E-state index contributed by atoms with van der Waals surface area (Å²) < 4.78 is 6.67. The van der Waals surface area contributed by atoms with Gasteiger partial charge in [-0.1, -0.05) is 0 Å². The average Bonchev–Trinajstić information content (AvgIpc) is 2.52. The predicted molar refractivity (Wildman–Crippen MR) is 44.2 cm³/mol. The number of methoxy groups -OCH3 is 1. The Morgan fingerprint density at radius 3 is 3.08 bits per heavy atom. The Labute approximate surface area is 71.1 Å². The summed E-state index contributed by atoms with van der Waals surface area (Å²) in [6.45, 7) is 2.57. The zero-order valence-corrected chi connectivity index (χ0v) is 7.23. The van der Waals surface area contributed by atoms with Crippen molar-refractivity contribution in [3.8, 4) is 0 Å².